The van der Waals surface area contributed by atoms with E-state index >= 15 is 0 Å². The number of hydrogen-bond acceptors (Lipinski definition) is 5. The van der Waals surface area contributed by atoms with Gasteiger partial charge < -0.3 is 22.1 Å². The van der Waals surface area contributed by atoms with Crippen molar-refractivity contribution in [2.24, 2.45) is 0 Å². The normalized spacial score (nSPS) is 13.0. The Morgan fingerprint density at radius 3 is 2.24 bits per heavy atom. The Labute approximate surface area is 217 Å². The zero-order chi connectivity index (χ0) is 24.0. The van der Waals surface area contributed by atoms with Gasteiger partial charge in [0.25, 0.3) is 5.91 Å². The van der Waals surface area contributed by atoms with E-state index in [9.17, 15) is 24.2 Å². The number of benzene rings is 1. The number of aliphatic carboxylic acids is 1. The summed E-state index contributed by atoms with van der Waals surface area (Å²) in [5, 5.41) is 36.3. The van der Waals surface area contributed by atoms with E-state index < -0.39 is 30.4 Å². The molecule has 0 aliphatic heterocycles. The van der Waals surface area contributed by atoms with Crippen LogP contribution in [0.1, 0.15) is 76.0 Å². The molecule has 0 saturated carbocycles. The van der Waals surface area contributed by atoms with Crippen LogP contribution in [0.2, 0.25) is 0 Å². The Balaban J connectivity index is 0.00000544. The van der Waals surface area contributed by atoms with Gasteiger partial charge in [0.1, 0.15) is 5.82 Å². The first-order valence-electron chi connectivity index (χ1n) is 10.8. The van der Waals surface area contributed by atoms with Crippen LogP contribution in [0.15, 0.2) is 24.3 Å². The molecule has 2 rings (SSSR count). The van der Waals surface area contributed by atoms with Gasteiger partial charge in [-0.05, 0) is 63.3 Å². The van der Waals surface area contributed by atoms with Crippen LogP contribution in [0, 0.1) is 5.82 Å². The van der Waals surface area contributed by atoms with Gasteiger partial charge in [-0.2, -0.15) is 5.10 Å². The predicted octanol–water partition coefficient (Wildman–Crippen LogP) is -0.0913. The Kier molecular flexibility index (Phi) is 11.7. The number of aliphatic hydroxyl groups is 2. The number of carbonyl (C=O) groups is 2. The average molecular weight is 474 g/mol. The maximum Gasteiger partial charge on any atom is 1.00 e. The van der Waals surface area contributed by atoms with Gasteiger partial charge in [-0.25, -0.2) is 9.07 Å². The van der Waals surface area contributed by atoms with Crippen LogP contribution in [0.3, 0.4) is 0 Å². The van der Waals surface area contributed by atoms with Crippen molar-refractivity contribution in [3.8, 4) is 5.69 Å². The van der Waals surface area contributed by atoms with Gasteiger partial charge in [0.2, 0.25) is 0 Å². The van der Waals surface area contributed by atoms with Crippen LogP contribution in [-0.2, 0) is 11.2 Å². The number of carboxylic acids is 1. The smallest absolute Gasteiger partial charge is 1.00 e. The van der Waals surface area contributed by atoms with Crippen LogP contribution in [-0.4, -0.2) is 55.2 Å². The Morgan fingerprint density at radius 1 is 1.12 bits per heavy atom. The largest absolute Gasteiger partial charge is 1.00 e. The third-order valence-corrected chi connectivity index (χ3v) is 4.97. The van der Waals surface area contributed by atoms with Gasteiger partial charge in [0.15, 0.2) is 5.69 Å². The SMILES string of the molecule is CC(C)NC(=O)c1nn(-c2ccc(F)cc2)c(CC[C@@H](O)C[C@@H](O)CC(=O)O)c1C(C)C.[H-].[Na+]. The molecule has 2 atom stereocenters. The first-order chi connectivity index (χ1) is 15.0. The van der Waals surface area contributed by atoms with E-state index in [2.05, 4.69) is 10.4 Å². The summed E-state index contributed by atoms with van der Waals surface area (Å²) in [6, 6.07) is 5.65. The molecule has 0 bridgehead atoms. The second-order valence-corrected chi connectivity index (χ2v) is 8.56. The molecule has 0 aliphatic rings. The molecular weight excluding hydrogens is 440 g/mol. The molecule has 1 amide bonds. The molecule has 0 radical (unpaired) electrons. The minimum Gasteiger partial charge on any atom is -1.00 e. The summed E-state index contributed by atoms with van der Waals surface area (Å²) in [4.78, 5) is 23.6. The van der Waals surface area contributed by atoms with Crippen LogP contribution >= 0.6 is 0 Å². The number of hydrogen-bond donors (Lipinski definition) is 4. The molecule has 10 heteroatoms. The second kappa shape index (κ2) is 13.2. The number of carbonyl (C=O) groups excluding carboxylic acids is 1. The van der Waals surface area contributed by atoms with Crippen molar-refractivity contribution in [2.45, 2.75) is 77.5 Å². The Bertz CT molecular complexity index is 937. The molecule has 1 aromatic heterocycles. The van der Waals surface area contributed by atoms with Crippen molar-refractivity contribution in [2.75, 3.05) is 0 Å². The molecule has 1 heterocycles. The van der Waals surface area contributed by atoms with Crippen LogP contribution in [0.25, 0.3) is 5.69 Å². The van der Waals surface area contributed by atoms with E-state index in [1.165, 1.54) is 12.1 Å². The number of nitrogens with zero attached hydrogens (tertiary/aromatic N) is 2. The van der Waals surface area contributed by atoms with Crippen molar-refractivity contribution in [1.82, 2.24) is 15.1 Å². The molecule has 33 heavy (non-hydrogen) atoms. The average Bonchev–Trinajstić information content (AvgIpc) is 3.05. The Morgan fingerprint density at radius 2 is 1.73 bits per heavy atom. The van der Waals surface area contributed by atoms with Gasteiger partial charge in [0.05, 0.1) is 24.3 Å². The molecule has 0 saturated heterocycles. The summed E-state index contributed by atoms with van der Waals surface area (Å²) >= 11 is 0. The van der Waals surface area contributed by atoms with E-state index in [4.69, 9.17) is 5.11 Å². The number of rotatable bonds is 11. The van der Waals surface area contributed by atoms with Crippen LogP contribution < -0.4 is 34.9 Å². The van der Waals surface area contributed by atoms with Crippen molar-refractivity contribution in [3.63, 3.8) is 0 Å². The number of amides is 1. The zero-order valence-corrected chi connectivity index (χ0v) is 21.9. The second-order valence-electron chi connectivity index (χ2n) is 8.56. The van der Waals surface area contributed by atoms with E-state index in [0.29, 0.717) is 17.8 Å². The van der Waals surface area contributed by atoms with Gasteiger partial charge in [0, 0.05) is 17.3 Å². The molecule has 8 nitrogen and oxygen atoms in total. The van der Waals surface area contributed by atoms with Gasteiger partial charge >= 0.3 is 35.5 Å². The summed E-state index contributed by atoms with van der Waals surface area (Å²) in [5.74, 6) is -1.90. The summed E-state index contributed by atoms with van der Waals surface area (Å²) in [7, 11) is 0. The maximum atomic E-state index is 13.5. The van der Waals surface area contributed by atoms with Crippen LogP contribution in [0.5, 0.6) is 0 Å². The molecule has 0 spiro atoms. The predicted molar refractivity (Wildman–Crippen MR) is 119 cm³/mol. The van der Waals surface area contributed by atoms with E-state index in [0.717, 1.165) is 5.56 Å². The molecule has 178 valence electrons. The first-order valence-corrected chi connectivity index (χ1v) is 10.8. The number of carboxylic acid groups (broad SMARTS) is 1. The fourth-order valence-corrected chi connectivity index (χ4v) is 3.63. The third-order valence-electron chi connectivity index (χ3n) is 4.97. The molecule has 0 aliphatic carbocycles. The monoisotopic (exact) mass is 473 g/mol. The number of aromatic nitrogens is 2. The van der Waals surface area contributed by atoms with Gasteiger partial charge in [-0.1, -0.05) is 13.8 Å². The Hall–Kier alpha value is -1.78. The number of halogens is 1. The standard InChI is InChI=1S/C23H32FN3O5.Na.H/c1-13(2)21-19(10-9-17(28)11-18(29)12-20(30)31)27(16-7-5-15(24)6-8-16)26-22(21)23(32)25-14(3)4;;/h5-8,13-14,17-18,28-29H,9-12H2,1-4H3,(H,25,32)(H,30,31);;/q;+1;-1/t17-,18-;;/m1../s1. The van der Waals surface area contributed by atoms with E-state index in [1.807, 2.05) is 27.7 Å². The fraction of sp³-hybridized carbons (Fsp3) is 0.522. The fourth-order valence-electron chi connectivity index (χ4n) is 3.63. The van der Waals surface area contributed by atoms with Crippen molar-refractivity contribution in [1.29, 1.82) is 0 Å². The maximum absolute atomic E-state index is 13.5. The molecule has 2 aromatic rings. The molecular formula is C23H33FN3NaO5. The minimum absolute atomic E-state index is 0. The summed E-state index contributed by atoms with van der Waals surface area (Å²) in [6.45, 7) is 7.58. The van der Waals surface area contributed by atoms with E-state index in [1.54, 1.807) is 16.8 Å². The zero-order valence-electron chi connectivity index (χ0n) is 20.9. The van der Waals surface area contributed by atoms with Crippen molar-refractivity contribution < 1.29 is 60.3 Å². The quantitative estimate of drug-likeness (QED) is 0.338. The third kappa shape index (κ3) is 8.50. The summed E-state index contributed by atoms with van der Waals surface area (Å²) in [5.41, 5.74) is 2.28. The minimum atomic E-state index is -1.15. The van der Waals surface area contributed by atoms with E-state index in [-0.39, 0.29) is 67.4 Å². The number of aliphatic hydroxyl groups excluding tert-OH is 2. The molecule has 0 fully saturated rings. The molecule has 1 aromatic carbocycles. The van der Waals surface area contributed by atoms with Crippen molar-refractivity contribution in [3.05, 3.63) is 47.0 Å². The number of nitrogens with one attached hydrogen (secondary N) is 1. The molecule has 0 unspecified atom stereocenters. The topological polar surface area (TPSA) is 125 Å². The van der Waals surface area contributed by atoms with Crippen molar-refractivity contribution >= 4 is 11.9 Å². The van der Waals surface area contributed by atoms with Gasteiger partial charge in [-0.15, -0.1) is 0 Å². The first kappa shape index (κ1) is 29.3. The van der Waals surface area contributed by atoms with Gasteiger partial charge in [-0.3, -0.25) is 9.59 Å². The summed E-state index contributed by atoms with van der Waals surface area (Å²) in [6.07, 6.45) is -2.05. The summed E-state index contributed by atoms with van der Waals surface area (Å²) < 4.78 is 15.0. The molecule has 4 N–H and O–H groups in total. The van der Waals surface area contributed by atoms with Crippen LogP contribution in [0.4, 0.5) is 4.39 Å².